The Labute approximate surface area is 46.1 Å². The van der Waals surface area contributed by atoms with Gasteiger partial charge < -0.3 is 10.8 Å². The Kier molecular flexibility index (Phi) is 0.836. The van der Waals surface area contributed by atoms with Crippen LogP contribution in [0.1, 0.15) is 0 Å². The number of aliphatic carboxylic acids is 1. The molecule has 3 nitrogen and oxygen atoms in total. The first kappa shape index (κ1) is 4.90. The Bertz CT molecular complexity index is 191. The normalized spacial score (nSPS) is 20.5. The van der Waals surface area contributed by atoms with E-state index in [1.807, 2.05) is 0 Å². The zero-order chi connectivity index (χ0) is 6.15. The van der Waals surface area contributed by atoms with E-state index < -0.39 is 5.97 Å². The molecule has 0 radical (unpaired) electrons. The molecule has 0 amide bonds. The van der Waals surface area contributed by atoms with Crippen molar-refractivity contribution in [3.8, 4) is 0 Å². The summed E-state index contributed by atoms with van der Waals surface area (Å²) in [7, 11) is 0. The number of hydrogen-bond donors (Lipinski definition) is 2. The molecule has 0 saturated carbocycles. The zero-order valence-corrected chi connectivity index (χ0v) is 4.09. The lowest BCUT2D eigenvalue weighted by molar-refractivity contribution is -0.131. The highest BCUT2D eigenvalue weighted by atomic mass is 16.4. The van der Waals surface area contributed by atoms with Gasteiger partial charge in [-0.05, 0) is 6.08 Å². The summed E-state index contributed by atoms with van der Waals surface area (Å²) in [5.41, 5.74) is 5.95. The van der Waals surface area contributed by atoms with Gasteiger partial charge in [-0.2, -0.15) is 0 Å². The van der Waals surface area contributed by atoms with E-state index in [-0.39, 0.29) is 0 Å². The van der Waals surface area contributed by atoms with E-state index in [0.717, 1.165) is 0 Å². The van der Waals surface area contributed by atoms with Crippen LogP contribution < -0.4 is 5.73 Å². The number of allylic oxidation sites excluding steroid dienone is 1. The second-order valence-corrected chi connectivity index (χ2v) is 1.49. The van der Waals surface area contributed by atoms with Crippen LogP contribution in [0.25, 0.3) is 0 Å². The van der Waals surface area contributed by atoms with Crippen molar-refractivity contribution in [2.24, 2.45) is 5.73 Å². The van der Waals surface area contributed by atoms with Crippen molar-refractivity contribution in [2.45, 2.75) is 0 Å². The topological polar surface area (TPSA) is 63.3 Å². The van der Waals surface area contributed by atoms with Gasteiger partial charge in [0.2, 0.25) is 0 Å². The third-order valence-electron chi connectivity index (χ3n) is 0.937. The third kappa shape index (κ3) is 0.578. The van der Waals surface area contributed by atoms with Gasteiger partial charge in [-0.25, -0.2) is 4.79 Å². The molecule has 0 aromatic heterocycles. The van der Waals surface area contributed by atoms with Crippen LogP contribution >= 0.6 is 0 Å². The van der Waals surface area contributed by atoms with Crippen LogP contribution in [0.4, 0.5) is 0 Å². The summed E-state index contributed by atoms with van der Waals surface area (Å²) in [4.78, 5) is 9.97. The van der Waals surface area contributed by atoms with Crippen LogP contribution in [0.2, 0.25) is 0 Å². The number of carbonyl (C=O) groups is 1. The van der Waals surface area contributed by atoms with E-state index in [1.54, 1.807) is 0 Å². The van der Waals surface area contributed by atoms with Crippen molar-refractivity contribution in [2.75, 3.05) is 0 Å². The van der Waals surface area contributed by atoms with Crippen molar-refractivity contribution in [3.63, 3.8) is 0 Å². The van der Waals surface area contributed by atoms with Gasteiger partial charge in [0, 0.05) is 11.8 Å². The molecule has 1 aliphatic rings. The summed E-state index contributed by atoms with van der Waals surface area (Å²) in [5, 5.41) is 8.19. The Morgan fingerprint density at radius 2 is 2.50 bits per heavy atom. The molecule has 0 bridgehead atoms. The molecule has 0 unspecified atom stereocenters. The minimum absolute atomic E-state index is 0.326. The maximum Gasteiger partial charge on any atom is 0.336 e. The van der Waals surface area contributed by atoms with Gasteiger partial charge in [0.1, 0.15) is 0 Å². The lowest BCUT2D eigenvalue weighted by atomic mass is 10.4. The molecule has 0 aromatic rings. The van der Waals surface area contributed by atoms with E-state index in [0.29, 0.717) is 11.1 Å². The number of rotatable bonds is 1. The molecule has 3 N–H and O–H groups in total. The van der Waals surface area contributed by atoms with Crippen LogP contribution in [-0.2, 0) is 4.79 Å². The van der Waals surface area contributed by atoms with E-state index in [1.165, 1.54) is 12.3 Å². The summed E-state index contributed by atoms with van der Waals surface area (Å²) < 4.78 is 0. The van der Waals surface area contributed by atoms with Gasteiger partial charge in [0.15, 0.2) is 0 Å². The van der Waals surface area contributed by atoms with Gasteiger partial charge in [0.25, 0.3) is 0 Å². The first-order valence-corrected chi connectivity index (χ1v) is 2.13. The minimum Gasteiger partial charge on any atom is -0.478 e. The maximum absolute atomic E-state index is 9.97. The Hall–Kier alpha value is -1.25. The SMILES string of the molecule is N/C=C1C=C\1C(=O)O. The molecule has 42 valence electrons. The molecule has 0 saturated heterocycles. The van der Waals surface area contributed by atoms with Crippen LogP contribution in [0, 0.1) is 0 Å². The largest absolute Gasteiger partial charge is 0.478 e. The van der Waals surface area contributed by atoms with Gasteiger partial charge in [-0.3, -0.25) is 0 Å². The summed E-state index contributed by atoms with van der Waals surface area (Å²) >= 11 is 0. The fourth-order valence-electron chi connectivity index (χ4n) is 0.443. The Balaban J connectivity index is 2.60. The van der Waals surface area contributed by atoms with Crippen molar-refractivity contribution >= 4 is 5.97 Å². The van der Waals surface area contributed by atoms with Gasteiger partial charge in [-0.15, -0.1) is 0 Å². The Morgan fingerprint density at radius 1 is 1.88 bits per heavy atom. The number of carboxylic acids is 1. The summed E-state index contributed by atoms with van der Waals surface area (Å²) in [5.74, 6) is -0.901. The summed E-state index contributed by atoms with van der Waals surface area (Å²) in [6.45, 7) is 0. The number of nitrogens with two attached hydrogens (primary N) is 1. The van der Waals surface area contributed by atoms with Gasteiger partial charge in [0.05, 0.1) is 5.57 Å². The molecular formula is C5H5NO2. The minimum atomic E-state index is -0.901. The molecule has 1 aliphatic carbocycles. The second-order valence-electron chi connectivity index (χ2n) is 1.49. The molecule has 0 aromatic carbocycles. The van der Waals surface area contributed by atoms with Gasteiger partial charge in [-0.1, -0.05) is 0 Å². The molecule has 3 heteroatoms. The van der Waals surface area contributed by atoms with Crippen LogP contribution in [0.5, 0.6) is 0 Å². The molecule has 0 heterocycles. The summed E-state index contributed by atoms with van der Waals surface area (Å²) in [6, 6.07) is 0. The molecule has 0 fully saturated rings. The van der Waals surface area contributed by atoms with Crippen molar-refractivity contribution in [1.29, 1.82) is 0 Å². The van der Waals surface area contributed by atoms with Crippen LogP contribution in [0.3, 0.4) is 0 Å². The predicted octanol–water partition coefficient (Wildman–Crippen LogP) is -0.146. The highest BCUT2D eigenvalue weighted by molar-refractivity contribution is 6.00. The fourth-order valence-corrected chi connectivity index (χ4v) is 0.443. The third-order valence-corrected chi connectivity index (χ3v) is 0.937. The zero-order valence-electron chi connectivity index (χ0n) is 4.09. The predicted molar refractivity (Wildman–Crippen MR) is 28.0 cm³/mol. The van der Waals surface area contributed by atoms with E-state index in [2.05, 4.69) is 0 Å². The lowest BCUT2D eigenvalue weighted by Gasteiger charge is -1.75. The monoisotopic (exact) mass is 111 g/mol. The smallest absolute Gasteiger partial charge is 0.336 e. The standard InChI is InChI=1S/C5H5NO2/c6-2-3-1-4(3)5(7)8/h1-2H,6H2,(H,7,8)/b3-2+. The number of hydrogen-bond acceptors (Lipinski definition) is 2. The average Bonchev–Trinajstić information content (AvgIpc) is 2.42. The molecule has 0 spiro atoms. The highest BCUT2D eigenvalue weighted by Gasteiger charge is 2.22. The highest BCUT2D eigenvalue weighted by Crippen LogP contribution is 2.25. The first-order valence-electron chi connectivity index (χ1n) is 2.13. The van der Waals surface area contributed by atoms with E-state index in [4.69, 9.17) is 10.8 Å². The molecule has 0 atom stereocenters. The van der Waals surface area contributed by atoms with Gasteiger partial charge >= 0.3 is 5.97 Å². The quantitative estimate of drug-likeness (QED) is 0.494. The van der Waals surface area contributed by atoms with Crippen molar-refractivity contribution in [3.05, 3.63) is 23.4 Å². The van der Waals surface area contributed by atoms with Crippen molar-refractivity contribution < 1.29 is 9.90 Å². The fraction of sp³-hybridized carbons (Fsp3) is 0. The number of carboxylic acid groups (broad SMARTS) is 1. The summed E-state index contributed by atoms with van der Waals surface area (Å²) in [6.07, 6.45) is 2.80. The van der Waals surface area contributed by atoms with Crippen LogP contribution in [-0.4, -0.2) is 11.1 Å². The molecule has 0 aliphatic heterocycles. The average molecular weight is 111 g/mol. The molecule has 1 rings (SSSR count). The molecular weight excluding hydrogens is 106 g/mol. The first-order chi connectivity index (χ1) is 3.75. The van der Waals surface area contributed by atoms with E-state index in [9.17, 15) is 4.79 Å². The van der Waals surface area contributed by atoms with Crippen LogP contribution in [0.15, 0.2) is 23.4 Å². The maximum atomic E-state index is 9.97. The Morgan fingerprint density at radius 3 is 2.62 bits per heavy atom. The second kappa shape index (κ2) is 1.36. The van der Waals surface area contributed by atoms with E-state index >= 15 is 0 Å². The molecule has 8 heavy (non-hydrogen) atoms. The van der Waals surface area contributed by atoms with Crippen molar-refractivity contribution in [1.82, 2.24) is 0 Å². The lowest BCUT2D eigenvalue weighted by Crippen LogP contribution is -1.90.